The van der Waals surface area contributed by atoms with Crippen LogP contribution in [0.5, 0.6) is 0 Å². The van der Waals surface area contributed by atoms with Crippen LogP contribution in [0.1, 0.15) is 48.9 Å². The van der Waals surface area contributed by atoms with Gasteiger partial charge in [0.05, 0.1) is 25.3 Å². The largest absolute Gasteiger partial charge is 0.370 e. The van der Waals surface area contributed by atoms with Crippen LogP contribution in [0.3, 0.4) is 0 Å². The number of aromatic nitrogens is 1. The minimum absolute atomic E-state index is 0.0228. The van der Waals surface area contributed by atoms with Crippen molar-refractivity contribution in [2.24, 2.45) is 0 Å². The highest BCUT2D eigenvalue weighted by Crippen LogP contribution is 2.30. The predicted molar refractivity (Wildman–Crippen MR) is 113 cm³/mol. The Morgan fingerprint density at radius 2 is 1.86 bits per heavy atom. The van der Waals surface area contributed by atoms with Crippen molar-refractivity contribution in [2.75, 3.05) is 39.4 Å². The van der Waals surface area contributed by atoms with Gasteiger partial charge >= 0.3 is 0 Å². The molecule has 1 saturated heterocycles. The van der Waals surface area contributed by atoms with Crippen LogP contribution in [-0.2, 0) is 10.2 Å². The highest BCUT2D eigenvalue weighted by Gasteiger charge is 2.25. The van der Waals surface area contributed by atoms with Crippen molar-refractivity contribution in [3.05, 3.63) is 53.3 Å². The lowest BCUT2D eigenvalue weighted by molar-refractivity contribution is -0.908. The smallest absolute Gasteiger partial charge is 0.253 e. The molecule has 0 radical (unpaired) electrons. The first-order valence-corrected chi connectivity index (χ1v) is 10.4. The number of hydrogen-bond acceptors (Lipinski definition) is 2. The fourth-order valence-corrected chi connectivity index (χ4v) is 3.84. The number of quaternary nitrogens is 1. The van der Waals surface area contributed by atoms with Gasteiger partial charge in [-0.1, -0.05) is 39.0 Å². The molecule has 1 aromatic carbocycles. The van der Waals surface area contributed by atoms with Gasteiger partial charge in [-0.3, -0.25) is 4.79 Å². The molecule has 3 rings (SSSR count). The van der Waals surface area contributed by atoms with Crippen molar-refractivity contribution < 1.29 is 14.4 Å². The average Bonchev–Trinajstić information content (AvgIpc) is 3.04. The number of rotatable bonds is 6. The Labute approximate surface area is 168 Å². The number of carbonyl (C=O) groups excluding carboxylic acids is 1. The standard InChI is InChI=1S/C23H33N3O2/c1-18-20(22(27)24-11-8-12-25-13-15-28-16-14-25)17-21(23(2,3)4)26(18)19-9-6-5-7-10-19/h5-7,9-10,17H,8,11-16H2,1-4H3,(H,24,27)/p+1. The van der Waals surface area contributed by atoms with Gasteiger partial charge in [-0.05, 0) is 25.1 Å². The minimum Gasteiger partial charge on any atom is -0.370 e. The van der Waals surface area contributed by atoms with E-state index in [1.807, 2.05) is 25.1 Å². The van der Waals surface area contributed by atoms with Gasteiger partial charge in [-0.2, -0.15) is 0 Å². The molecule has 152 valence electrons. The SMILES string of the molecule is Cc1c(C(=O)NCCC[NH+]2CCOCC2)cc(C(C)(C)C)n1-c1ccccc1. The summed E-state index contributed by atoms with van der Waals surface area (Å²) in [5, 5.41) is 3.13. The molecule has 2 aromatic rings. The zero-order valence-corrected chi connectivity index (χ0v) is 17.7. The van der Waals surface area contributed by atoms with Gasteiger partial charge in [0, 0.05) is 35.5 Å². The topological polar surface area (TPSA) is 47.7 Å². The molecule has 2 N–H and O–H groups in total. The second-order valence-electron chi connectivity index (χ2n) is 8.67. The molecule has 0 aliphatic carbocycles. The van der Waals surface area contributed by atoms with Gasteiger partial charge in [-0.15, -0.1) is 0 Å². The molecule has 1 aromatic heterocycles. The molecular formula is C23H34N3O2+. The minimum atomic E-state index is -0.0567. The molecule has 1 amide bonds. The molecule has 5 heteroatoms. The van der Waals surface area contributed by atoms with E-state index in [-0.39, 0.29) is 11.3 Å². The van der Waals surface area contributed by atoms with E-state index >= 15 is 0 Å². The molecule has 5 nitrogen and oxygen atoms in total. The second-order valence-corrected chi connectivity index (χ2v) is 8.67. The zero-order valence-electron chi connectivity index (χ0n) is 17.7. The number of ether oxygens (including phenoxy) is 1. The van der Waals surface area contributed by atoms with Crippen molar-refractivity contribution in [3.63, 3.8) is 0 Å². The Morgan fingerprint density at radius 1 is 1.18 bits per heavy atom. The first kappa shape index (κ1) is 20.6. The number of nitrogens with zero attached hydrogens (tertiary/aromatic N) is 1. The Kier molecular flexibility index (Phi) is 6.57. The van der Waals surface area contributed by atoms with E-state index in [0.717, 1.165) is 61.9 Å². The molecule has 1 aliphatic rings. The lowest BCUT2D eigenvalue weighted by Crippen LogP contribution is -3.14. The predicted octanol–water partition coefficient (Wildman–Crippen LogP) is 2.12. The monoisotopic (exact) mass is 384 g/mol. The van der Waals surface area contributed by atoms with Crippen LogP contribution in [0.25, 0.3) is 5.69 Å². The van der Waals surface area contributed by atoms with Crippen LogP contribution in [0, 0.1) is 6.92 Å². The number of para-hydroxylation sites is 1. The molecule has 1 aliphatic heterocycles. The summed E-state index contributed by atoms with van der Waals surface area (Å²) < 4.78 is 7.61. The summed E-state index contributed by atoms with van der Waals surface area (Å²) in [5.41, 5.74) is 3.96. The Balaban J connectivity index is 1.71. The third kappa shape index (κ3) is 4.83. The van der Waals surface area contributed by atoms with Crippen LogP contribution in [-0.4, -0.2) is 49.9 Å². The number of amides is 1. The van der Waals surface area contributed by atoms with Crippen molar-refractivity contribution in [1.29, 1.82) is 0 Å². The number of morpholine rings is 1. The van der Waals surface area contributed by atoms with Crippen LogP contribution in [0.2, 0.25) is 0 Å². The first-order valence-electron chi connectivity index (χ1n) is 10.4. The van der Waals surface area contributed by atoms with E-state index in [0.29, 0.717) is 6.54 Å². The van der Waals surface area contributed by atoms with Crippen LogP contribution in [0.4, 0.5) is 0 Å². The maximum Gasteiger partial charge on any atom is 0.253 e. The maximum absolute atomic E-state index is 12.9. The quantitative estimate of drug-likeness (QED) is 0.750. The normalized spacial score (nSPS) is 15.6. The molecule has 1 fully saturated rings. The molecule has 0 saturated carbocycles. The van der Waals surface area contributed by atoms with Crippen LogP contribution >= 0.6 is 0 Å². The van der Waals surface area contributed by atoms with Gasteiger partial charge < -0.3 is 19.5 Å². The Morgan fingerprint density at radius 3 is 2.50 bits per heavy atom. The maximum atomic E-state index is 12.9. The number of hydrogen-bond donors (Lipinski definition) is 2. The Hall–Kier alpha value is -2.11. The van der Waals surface area contributed by atoms with Crippen molar-refractivity contribution in [2.45, 2.75) is 39.5 Å². The van der Waals surface area contributed by atoms with Crippen molar-refractivity contribution in [1.82, 2.24) is 9.88 Å². The van der Waals surface area contributed by atoms with Crippen molar-refractivity contribution in [3.8, 4) is 5.69 Å². The highest BCUT2D eigenvalue weighted by molar-refractivity contribution is 5.96. The molecule has 0 atom stereocenters. The summed E-state index contributed by atoms with van der Waals surface area (Å²) in [5.74, 6) is 0.0228. The van der Waals surface area contributed by atoms with Crippen molar-refractivity contribution >= 4 is 5.91 Å². The fourth-order valence-electron chi connectivity index (χ4n) is 3.84. The third-order valence-corrected chi connectivity index (χ3v) is 5.47. The summed E-state index contributed by atoms with van der Waals surface area (Å²) in [4.78, 5) is 14.5. The molecule has 0 spiro atoms. The summed E-state index contributed by atoms with van der Waals surface area (Å²) in [6, 6.07) is 12.3. The van der Waals surface area contributed by atoms with Gasteiger partial charge in [0.15, 0.2) is 0 Å². The van der Waals surface area contributed by atoms with E-state index in [1.165, 1.54) is 0 Å². The van der Waals surface area contributed by atoms with Gasteiger partial charge in [-0.25, -0.2) is 0 Å². The number of nitrogens with one attached hydrogen (secondary N) is 2. The molecular weight excluding hydrogens is 350 g/mol. The number of benzene rings is 1. The summed E-state index contributed by atoms with van der Waals surface area (Å²) in [7, 11) is 0. The molecule has 2 heterocycles. The lowest BCUT2D eigenvalue weighted by Gasteiger charge is -2.23. The second kappa shape index (κ2) is 8.93. The van der Waals surface area contributed by atoms with Crippen LogP contribution < -0.4 is 10.2 Å². The molecule has 0 bridgehead atoms. The number of carbonyl (C=O) groups is 1. The van der Waals surface area contributed by atoms with E-state index in [1.54, 1.807) is 4.90 Å². The van der Waals surface area contributed by atoms with Gasteiger partial charge in [0.1, 0.15) is 13.1 Å². The summed E-state index contributed by atoms with van der Waals surface area (Å²) >= 11 is 0. The van der Waals surface area contributed by atoms with Gasteiger partial charge in [0.25, 0.3) is 5.91 Å². The highest BCUT2D eigenvalue weighted by atomic mass is 16.5. The zero-order chi connectivity index (χ0) is 20.1. The van der Waals surface area contributed by atoms with E-state index in [9.17, 15) is 4.79 Å². The van der Waals surface area contributed by atoms with E-state index in [2.05, 4.69) is 48.9 Å². The first-order chi connectivity index (χ1) is 13.4. The Bertz CT molecular complexity index is 784. The lowest BCUT2D eigenvalue weighted by atomic mass is 9.91. The van der Waals surface area contributed by atoms with Gasteiger partial charge in [0.2, 0.25) is 0 Å². The summed E-state index contributed by atoms with van der Waals surface area (Å²) in [6.45, 7) is 14.2. The average molecular weight is 385 g/mol. The molecule has 28 heavy (non-hydrogen) atoms. The van der Waals surface area contributed by atoms with Crippen LogP contribution in [0.15, 0.2) is 36.4 Å². The molecule has 0 unspecified atom stereocenters. The fraction of sp³-hybridized carbons (Fsp3) is 0.522. The van der Waals surface area contributed by atoms with E-state index in [4.69, 9.17) is 4.74 Å². The summed E-state index contributed by atoms with van der Waals surface area (Å²) in [6.07, 6.45) is 0.992. The third-order valence-electron chi connectivity index (χ3n) is 5.47. The van der Waals surface area contributed by atoms with E-state index < -0.39 is 0 Å².